The van der Waals surface area contributed by atoms with Crippen LogP contribution in [0.2, 0.25) is 0 Å². The first-order chi connectivity index (χ1) is 18.7. The summed E-state index contributed by atoms with van der Waals surface area (Å²) in [5, 5.41) is 9.38. The molecule has 5 rings (SSSR count). The van der Waals surface area contributed by atoms with Crippen LogP contribution < -0.4 is 9.47 Å². The van der Waals surface area contributed by atoms with Crippen molar-refractivity contribution >= 4 is 5.97 Å². The van der Waals surface area contributed by atoms with Gasteiger partial charge >= 0.3 is 12.6 Å². The van der Waals surface area contributed by atoms with Gasteiger partial charge in [-0.15, -0.1) is 0 Å². The van der Waals surface area contributed by atoms with E-state index in [4.69, 9.17) is 4.74 Å². The molecule has 0 unspecified atom stereocenters. The quantitative estimate of drug-likeness (QED) is 0.267. The molecule has 0 amide bonds. The normalized spacial score (nSPS) is 19.2. The van der Waals surface area contributed by atoms with Crippen molar-refractivity contribution in [2.24, 2.45) is 11.3 Å². The number of alkyl halides is 2. The zero-order valence-electron chi connectivity index (χ0n) is 22.5. The molecule has 2 fully saturated rings. The van der Waals surface area contributed by atoms with Crippen LogP contribution in [0.3, 0.4) is 0 Å². The zero-order chi connectivity index (χ0) is 27.6. The summed E-state index contributed by atoms with van der Waals surface area (Å²) in [6.45, 7) is 2.11. The molecule has 0 spiro atoms. The van der Waals surface area contributed by atoms with Crippen LogP contribution in [0, 0.1) is 11.3 Å². The SMILES string of the molecule is CC1(C)CCC[C@H]1c1cc(COc2cccc([C@H](CC(=O)O)C3CC3)c2)ccc1-c1cccc(OC(F)F)c1. The largest absolute Gasteiger partial charge is 0.489 e. The summed E-state index contributed by atoms with van der Waals surface area (Å²) >= 11 is 0. The number of aliphatic carboxylic acids is 1. The van der Waals surface area contributed by atoms with Gasteiger partial charge in [0.05, 0.1) is 6.42 Å². The molecular weight excluding hydrogens is 498 g/mol. The summed E-state index contributed by atoms with van der Waals surface area (Å²) in [4.78, 5) is 11.4. The van der Waals surface area contributed by atoms with Gasteiger partial charge in [-0.05, 0) is 101 Å². The van der Waals surface area contributed by atoms with E-state index in [1.807, 2.05) is 36.4 Å². The molecule has 2 atom stereocenters. The van der Waals surface area contributed by atoms with E-state index < -0.39 is 12.6 Å². The number of hydrogen-bond acceptors (Lipinski definition) is 3. The summed E-state index contributed by atoms with van der Waals surface area (Å²) in [6, 6.07) is 21.1. The fourth-order valence-corrected chi connectivity index (χ4v) is 6.24. The number of halogens is 2. The Morgan fingerprint density at radius 3 is 2.46 bits per heavy atom. The van der Waals surface area contributed by atoms with Crippen LogP contribution in [0.1, 0.15) is 80.9 Å². The third kappa shape index (κ3) is 6.60. The third-order valence-electron chi connectivity index (χ3n) is 8.40. The van der Waals surface area contributed by atoms with E-state index in [0.29, 0.717) is 18.4 Å². The summed E-state index contributed by atoms with van der Waals surface area (Å²) in [7, 11) is 0. The standard InChI is InChI=1S/C33H36F2O4/c1-33(2)15-5-10-30(33)29-16-21(11-14-27(29)23-6-4-9-26(18-23)39-32(34)35)20-38-25-8-3-7-24(17-25)28(19-31(36)37)22-12-13-22/h3-4,6-9,11,14,16-18,22,28,30,32H,5,10,12-13,15,19-20H2,1-2H3,(H,36,37)/t28-,30+/m1/s1. The second-order valence-corrected chi connectivity index (χ2v) is 11.7. The molecule has 0 saturated heterocycles. The molecule has 2 aliphatic rings. The molecule has 0 bridgehead atoms. The molecule has 0 aromatic heterocycles. The third-order valence-corrected chi connectivity index (χ3v) is 8.40. The zero-order valence-corrected chi connectivity index (χ0v) is 22.5. The molecule has 206 valence electrons. The van der Waals surface area contributed by atoms with Crippen molar-refractivity contribution in [2.75, 3.05) is 0 Å². The maximum atomic E-state index is 12.9. The van der Waals surface area contributed by atoms with Crippen LogP contribution in [0.25, 0.3) is 11.1 Å². The van der Waals surface area contributed by atoms with Gasteiger partial charge in [-0.1, -0.05) is 62.7 Å². The summed E-state index contributed by atoms with van der Waals surface area (Å²) in [5.74, 6) is 0.904. The number of carbonyl (C=O) groups is 1. The van der Waals surface area contributed by atoms with Gasteiger partial charge < -0.3 is 14.6 Å². The predicted octanol–water partition coefficient (Wildman–Crippen LogP) is 8.80. The average molecular weight is 535 g/mol. The van der Waals surface area contributed by atoms with E-state index in [2.05, 4.69) is 30.7 Å². The highest BCUT2D eigenvalue weighted by Gasteiger charge is 2.37. The first-order valence-corrected chi connectivity index (χ1v) is 13.8. The van der Waals surface area contributed by atoms with Crippen molar-refractivity contribution < 1.29 is 28.2 Å². The lowest BCUT2D eigenvalue weighted by Crippen LogP contribution is -2.16. The lowest BCUT2D eigenvalue weighted by molar-refractivity contribution is -0.137. The lowest BCUT2D eigenvalue weighted by Gasteiger charge is -2.30. The molecule has 39 heavy (non-hydrogen) atoms. The molecule has 2 saturated carbocycles. The fraction of sp³-hybridized carbons (Fsp3) is 0.424. The van der Waals surface area contributed by atoms with Crippen LogP contribution in [0.5, 0.6) is 11.5 Å². The van der Waals surface area contributed by atoms with E-state index in [1.165, 1.54) is 5.56 Å². The first-order valence-electron chi connectivity index (χ1n) is 13.8. The highest BCUT2D eigenvalue weighted by atomic mass is 19.3. The molecule has 0 heterocycles. The molecule has 3 aromatic rings. The molecule has 0 aliphatic heterocycles. The van der Waals surface area contributed by atoms with Crippen molar-refractivity contribution in [2.45, 2.75) is 77.4 Å². The van der Waals surface area contributed by atoms with Crippen molar-refractivity contribution in [3.8, 4) is 22.6 Å². The monoisotopic (exact) mass is 534 g/mol. The van der Waals surface area contributed by atoms with Gasteiger partial charge in [-0.3, -0.25) is 4.79 Å². The Balaban J connectivity index is 1.41. The van der Waals surface area contributed by atoms with E-state index in [9.17, 15) is 18.7 Å². The number of hydrogen-bond donors (Lipinski definition) is 1. The van der Waals surface area contributed by atoms with Crippen LogP contribution >= 0.6 is 0 Å². The average Bonchev–Trinajstić information content (AvgIpc) is 3.67. The van der Waals surface area contributed by atoms with Gasteiger partial charge in [0, 0.05) is 0 Å². The highest BCUT2D eigenvalue weighted by molar-refractivity contribution is 5.70. The number of ether oxygens (including phenoxy) is 2. The van der Waals surface area contributed by atoms with E-state index in [1.54, 1.807) is 18.2 Å². The minimum atomic E-state index is -2.87. The molecule has 6 heteroatoms. The van der Waals surface area contributed by atoms with Crippen molar-refractivity contribution in [1.29, 1.82) is 0 Å². The minimum Gasteiger partial charge on any atom is -0.489 e. The maximum Gasteiger partial charge on any atom is 0.387 e. The van der Waals surface area contributed by atoms with E-state index in [0.717, 1.165) is 60.1 Å². The number of carboxylic acid groups (broad SMARTS) is 1. The van der Waals surface area contributed by atoms with Gasteiger partial charge in [0.25, 0.3) is 0 Å². The summed E-state index contributed by atoms with van der Waals surface area (Å²) in [6.07, 6.45) is 5.65. The van der Waals surface area contributed by atoms with Gasteiger partial charge in [0.2, 0.25) is 0 Å². The smallest absolute Gasteiger partial charge is 0.387 e. The topological polar surface area (TPSA) is 55.8 Å². The van der Waals surface area contributed by atoms with E-state index >= 15 is 0 Å². The minimum absolute atomic E-state index is 0.0198. The Labute approximate surface area is 229 Å². The Kier molecular flexibility index (Phi) is 7.92. The second-order valence-electron chi connectivity index (χ2n) is 11.7. The van der Waals surface area contributed by atoms with Crippen LogP contribution in [-0.4, -0.2) is 17.7 Å². The Bertz CT molecular complexity index is 1310. The van der Waals surface area contributed by atoms with Crippen molar-refractivity contribution in [3.05, 3.63) is 83.4 Å². The molecule has 2 aliphatic carbocycles. The lowest BCUT2D eigenvalue weighted by atomic mass is 9.75. The van der Waals surface area contributed by atoms with Gasteiger partial charge in [0.15, 0.2) is 0 Å². The first kappa shape index (κ1) is 27.2. The Hall–Kier alpha value is -3.41. The Morgan fingerprint density at radius 2 is 1.77 bits per heavy atom. The molecule has 4 nitrogen and oxygen atoms in total. The second kappa shape index (κ2) is 11.4. The van der Waals surface area contributed by atoms with Gasteiger partial charge in [-0.2, -0.15) is 8.78 Å². The van der Waals surface area contributed by atoms with Crippen LogP contribution in [-0.2, 0) is 11.4 Å². The van der Waals surface area contributed by atoms with Crippen LogP contribution in [0.4, 0.5) is 8.78 Å². The molecular formula is C33H36F2O4. The van der Waals surface area contributed by atoms with E-state index in [-0.39, 0.29) is 23.5 Å². The predicted molar refractivity (Wildman–Crippen MR) is 147 cm³/mol. The molecule has 1 N–H and O–H groups in total. The van der Waals surface area contributed by atoms with Crippen LogP contribution in [0.15, 0.2) is 66.7 Å². The fourth-order valence-electron chi connectivity index (χ4n) is 6.24. The van der Waals surface area contributed by atoms with Gasteiger partial charge in [0.1, 0.15) is 18.1 Å². The highest BCUT2D eigenvalue weighted by Crippen LogP contribution is 2.51. The Morgan fingerprint density at radius 1 is 1.00 bits per heavy atom. The summed E-state index contributed by atoms with van der Waals surface area (Å²) < 4.78 is 36.6. The van der Waals surface area contributed by atoms with Crippen molar-refractivity contribution in [1.82, 2.24) is 0 Å². The van der Waals surface area contributed by atoms with Crippen molar-refractivity contribution in [3.63, 3.8) is 0 Å². The number of benzene rings is 3. The number of carboxylic acids is 1. The maximum absolute atomic E-state index is 12.9. The summed E-state index contributed by atoms with van der Waals surface area (Å²) in [5.41, 5.74) is 5.27. The number of rotatable bonds is 11. The molecule has 3 aromatic carbocycles. The van der Waals surface area contributed by atoms with Gasteiger partial charge in [-0.25, -0.2) is 0 Å². The molecule has 0 radical (unpaired) electrons.